The topological polar surface area (TPSA) is 111 Å². The Morgan fingerprint density at radius 2 is 1.18 bits per heavy atom. The van der Waals surface area contributed by atoms with Gasteiger partial charge in [-0.25, -0.2) is 0 Å². The van der Waals surface area contributed by atoms with Crippen molar-refractivity contribution in [1.82, 2.24) is 0 Å². The van der Waals surface area contributed by atoms with Gasteiger partial charge in [0.25, 0.3) is 0 Å². The molecule has 0 aromatic heterocycles. The van der Waals surface area contributed by atoms with E-state index >= 15 is 0 Å². The van der Waals surface area contributed by atoms with Crippen LogP contribution in [0.25, 0.3) is 21.9 Å². The summed E-state index contributed by atoms with van der Waals surface area (Å²) < 4.78 is 0. The number of fused-ring (bicyclic) bond motifs is 4. The fraction of sp³-hybridized carbons (Fsp3) is 0.113. The number of rotatable bonds is 13. The molecule has 0 bridgehead atoms. The van der Waals surface area contributed by atoms with Gasteiger partial charge in [0.05, 0.1) is 17.1 Å². The number of phenolic OH excluding ortho intramolecular Hbond substituents is 1. The molecule has 0 aliphatic heterocycles. The maximum Gasteiger partial charge on any atom is 0.194 e. The molecule has 0 saturated heterocycles. The molecule has 1 aliphatic carbocycles. The zero-order valence-electron chi connectivity index (χ0n) is 34.7. The van der Waals surface area contributed by atoms with E-state index in [4.69, 9.17) is 4.84 Å². The number of nitrogens with one attached hydrogen (secondary N) is 1. The number of nitrogens with zero attached hydrogens (tertiary/aromatic N) is 5. The molecule has 0 radical (unpaired) electrons. The minimum absolute atomic E-state index is 0.0304. The van der Waals surface area contributed by atoms with Crippen LogP contribution in [0.4, 0.5) is 39.8 Å². The van der Waals surface area contributed by atoms with Gasteiger partial charge in [-0.05, 0) is 133 Å². The van der Waals surface area contributed by atoms with Crippen LogP contribution in [0.5, 0.6) is 5.75 Å². The van der Waals surface area contributed by atoms with Gasteiger partial charge in [0.15, 0.2) is 5.78 Å². The number of ketones is 1. The fourth-order valence-electron chi connectivity index (χ4n) is 7.91. The number of phenols is 1. The second kappa shape index (κ2) is 17.5. The molecule has 0 saturated carbocycles. The Morgan fingerprint density at radius 1 is 0.581 bits per heavy atom. The molecule has 0 heterocycles. The van der Waals surface area contributed by atoms with E-state index in [1.807, 2.05) is 66.7 Å². The first-order valence-electron chi connectivity index (χ1n) is 20.6. The lowest BCUT2D eigenvalue weighted by Gasteiger charge is -2.26. The van der Waals surface area contributed by atoms with Gasteiger partial charge in [0.1, 0.15) is 18.0 Å². The second-order valence-electron chi connectivity index (χ2n) is 15.5. The lowest BCUT2D eigenvalue weighted by molar-refractivity contribution is 0.104. The van der Waals surface area contributed by atoms with Crippen LogP contribution < -0.4 is 10.4 Å². The van der Waals surface area contributed by atoms with Crippen molar-refractivity contribution in [3.8, 4) is 16.9 Å². The zero-order valence-corrected chi connectivity index (χ0v) is 34.7. The molecule has 8 aromatic rings. The Labute approximate surface area is 360 Å². The van der Waals surface area contributed by atoms with Crippen LogP contribution >= 0.6 is 0 Å². The van der Waals surface area contributed by atoms with Crippen LogP contribution in [0, 0.1) is 13.8 Å². The largest absolute Gasteiger partial charge is 0.505 e. The van der Waals surface area contributed by atoms with Crippen LogP contribution in [0.15, 0.2) is 184 Å². The quantitative estimate of drug-likeness (QED) is 0.0889. The Morgan fingerprint density at radius 3 is 1.82 bits per heavy atom. The van der Waals surface area contributed by atoms with E-state index in [-0.39, 0.29) is 18.1 Å². The number of aryl methyl sites for hydroxylation is 4. The van der Waals surface area contributed by atoms with E-state index in [2.05, 4.69) is 130 Å². The zero-order chi connectivity index (χ0) is 42.6. The van der Waals surface area contributed by atoms with Crippen LogP contribution in [-0.2, 0) is 24.3 Å². The van der Waals surface area contributed by atoms with Crippen molar-refractivity contribution in [3.05, 3.63) is 203 Å². The third-order valence-electron chi connectivity index (χ3n) is 11.2. The molecule has 8 aromatic carbocycles. The molecule has 9 heteroatoms. The maximum absolute atomic E-state index is 13.4. The number of anilines is 4. The summed E-state index contributed by atoms with van der Waals surface area (Å²) in [4.78, 5) is 21.6. The first-order valence-corrected chi connectivity index (χ1v) is 20.6. The summed E-state index contributed by atoms with van der Waals surface area (Å²) in [5.74, 6) is -0.131. The molecule has 0 fully saturated rings. The standard InChI is InChI=1S/C53H44N6O3/c1-34-11-21-43(22-12-34)59(44-23-13-35(2)14-24-44)45-25-17-36(18-26-45)15-16-37-7-6-9-42(29-37)58-62-33-39-30-38-8-4-5-10-46(38)51(52(39)60)57-56-41-20-28-48-47-27-19-40(55-54-3)31-49(47)53(61)50(48)32-41/h4-14,17-32,58,60H,15-16,33H2,1-3H3. The average Bonchev–Trinajstić information content (AvgIpc) is 3.57. The normalized spacial score (nSPS) is 12.0. The summed E-state index contributed by atoms with van der Waals surface area (Å²) >= 11 is 0. The molecular weight excluding hydrogens is 769 g/mol. The molecule has 2 N–H and O–H groups in total. The van der Waals surface area contributed by atoms with Crippen LogP contribution in [0.2, 0.25) is 0 Å². The van der Waals surface area contributed by atoms with Gasteiger partial charge in [-0.1, -0.05) is 96.1 Å². The summed E-state index contributed by atoms with van der Waals surface area (Å²) in [5.41, 5.74) is 16.9. The summed E-state index contributed by atoms with van der Waals surface area (Å²) in [6.07, 6.45) is 1.73. The first kappa shape index (κ1) is 39.7. The van der Waals surface area contributed by atoms with E-state index < -0.39 is 0 Å². The third-order valence-corrected chi connectivity index (χ3v) is 11.2. The number of benzene rings is 8. The van der Waals surface area contributed by atoms with Crippen molar-refractivity contribution < 1.29 is 14.7 Å². The van der Waals surface area contributed by atoms with Gasteiger partial charge in [0, 0.05) is 46.2 Å². The molecule has 9 nitrogen and oxygen atoms in total. The number of carbonyl (C=O) groups excluding carboxylic acids is 1. The number of aromatic hydroxyl groups is 1. The van der Waals surface area contributed by atoms with E-state index in [0.29, 0.717) is 33.8 Å². The molecule has 0 amide bonds. The van der Waals surface area contributed by atoms with Gasteiger partial charge in [0.2, 0.25) is 0 Å². The summed E-state index contributed by atoms with van der Waals surface area (Å²) in [7, 11) is 1.59. The molecule has 1 aliphatic rings. The van der Waals surface area contributed by atoms with E-state index in [1.165, 1.54) is 22.3 Å². The Kier molecular flexibility index (Phi) is 11.2. The molecule has 9 rings (SSSR count). The van der Waals surface area contributed by atoms with E-state index in [0.717, 1.165) is 57.5 Å². The second-order valence-corrected chi connectivity index (χ2v) is 15.5. The Hall–Kier alpha value is -7.75. The van der Waals surface area contributed by atoms with Gasteiger partial charge in [-0.2, -0.15) is 15.3 Å². The highest BCUT2D eigenvalue weighted by Crippen LogP contribution is 2.43. The van der Waals surface area contributed by atoms with Crippen LogP contribution in [0.1, 0.15) is 43.7 Å². The first-order chi connectivity index (χ1) is 30.3. The third kappa shape index (κ3) is 8.34. The number of hydrogen-bond donors (Lipinski definition) is 2. The molecule has 304 valence electrons. The lowest BCUT2D eigenvalue weighted by Crippen LogP contribution is -2.10. The van der Waals surface area contributed by atoms with E-state index in [1.54, 1.807) is 19.2 Å². The van der Waals surface area contributed by atoms with Crippen molar-refractivity contribution in [1.29, 1.82) is 0 Å². The molecule has 0 atom stereocenters. The van der Waals surface area contributed by atoms with Gasteiger partial charge >= 0.3 is 0 Å². The van der Waals surface area contributed by atoms with Gasteiger partial charge in [-0.3, -0.25) is 15.1 Å². The molecule has 0 unspecified atom stereocenters. The fourth-order valence-corrected chi connectivity index (χ4v) is 7.91. The SMILES string of the molecule is CN=Nc1ccc2c(c1)C(=O)c1cc(N=Nc3c(O)c(CONc4cccc(CCc5ccc(N(c6ccc(C)cc6)c6ccc(C)cc6)cc5)c4)cc4ccccc34)ccc1-2. The summed E-state index contributed by atoms with van der Waals surface area (Å²) in [6, 6.07) is 54.7. The van der Waals surface area contributed by atoms with Crippen LogP contribution in [-0.4, -0.2) is 17.9 Å². The van der Waals surface area contributed by atoms with Gasteiger partial charge in [-0.15, -0.1) is 5.11 Å². The number of azo groups is 2. The highest BCUT2D eigenvalue weighted by atomic mass is 16.6. The van der Waals surface area contributed by atoms with Crippen molar-refractivity contribution in [2.45, 2.75) is 33.3 Å². The van der Waals surface area contributed by atoms with E-state index in [9.17, 15) is 9.90 Å². The minimum atomic E-state index is -0.101. The highest BCUT2D eigenvalue weighted by Gasteiger charge is 2.27. The molecule has 0 spiro atoms. The van der Waals surface area contributed by atoms with Crippen molar-refractivity contribution >= 4 is 56.4 Å². The Bertz CT molecular complexity index is 2950. The van der Waals surface area contributed by atoms with Gasteiger partial charge < -0.3 is 10.0 Å². The number of carbonyl (C=O) groups is 1. The monoisotopic (exact) mass is 812 g/mol. The molecular formula is C53H44N6O3. The van der Waals surface area contributed by atoms with Crippen LogP contribution in [0.3, 0.4) is 0 Å². The summed E-state index contributed by atoms with van der Waals surface area (Å²) in [6.45, 7) is 4.29. The predicted molar refractivity (Wildman–Crippen MR) is 248 cm³/mol. The van der Waals surface area contributed by atoms with Crippen molar-refractivity contribution in [3.63, 3.8) is 0 Å². The predicted octanol–water partition coefficient (Wildman–Crippen LogP) is 14.3. The average molecular weight is 813 g/mol. The van der Waals surface area contributed by atoms with Crippen molar-refractivity contribution in [2.24, 2.45) is 20.5 Å². The maximum atomic E-state index is 13.4. The van der Waals surface area contributed by atoms with Crippen molar-refractivity contribution in [2.75, 3.05) is 17.4 Å². The highest BCUT2D eigenvalue weighted by molar-refractivity contribution is 6.22. The lowest BCUT2D eigenvalue weighted by atomic mass is 10.0. The Balaban J connectivity index is 0.859. The number of hydrogen-bond acceptors (Lipinski definition) is 9. The smallest absolute Gasteiger partial charge is 0.194 e. The minimum Gasteiger partial charge on any atom is -0.505 e. The summed E-state index contributed by atoms with van der Waals surface area (Å²) in [5, 5.41) is 30.1. The molecule has 62 heavy (non-hydrogen) atoms.